The minimum Gasteiger partial charge on any atom is -0.356 e. The lowest BCUT2D eigenvalue weighted by Gasteiger charge is -2.27. The van der Waals surface area contributed by atoms with Crippen LogP contribution in [0.1, 0.15) is 19.3 Å². The first-order valence-electron chi connectivity index (χ1n) is 4.67. The molecular weight excluding hydrogens is 240 g/mol. The molecule has 2 atom stereocenters. The molecule has 1 saturated carbocycles. The van der Waals surface area contributed by atoms with Gasteiger partial charge in [0, 0.05) is 6.04 Å². The molecule has 0 radical (unpaired) electrons. The van der Waals surface area contributed by atoms with Gasteiger partial charge in [0.05, 0.1) is 6.10 Å². The minimum atomic E-state index is -5.46. The Morgan fingerprint density at radius 3 is 1.81 bits per heavy atom. The van der Waals surface area contributed by atoms with E-state index in [4.69, 9.17) is 5.73 Å². The van der Waals surface area contributed by atoms with Crippen molar-refractivity contribution < 1.29 is 31.1 Å². The first-order chi connectivity index (χ1) is 7.12. The van der Waals surface area contributed by atoms with Crippen LogP contribution in [0, 0.1) is 0 Å². The predicted octanol–water partition coefficient (Wildman–Crippen LogP) is 2.38. The average Bonchev–Trinajstić information content (AvgIpc) is 2.42. The average molecular weight is 251 g/mol. The zero-order valence-corrected chi connectivity index (χ0v) is 8.11. The van der Waals surface area contributed by atoms with Gasteiger partial charge in [0.1, 0.15) is 0 Å². The fraction of sp³-hybridized carbons (Fsp3) is 1.00. The smallest absolute Gasteiger partial charge is 0.356 e. The van der Waals surface area contributed by atoms with Gasteiger partial charge in [-0.2, -0.15) is 26.3 Å². The molecule has 2 nitrogen and oxygen atoms in total. The number of hydrogen-bond donors (Lipinski definition) is 1. The van der Waals surface area contributed by atoms with Crippen molar-refractivity contribution in [1.82, 2.24) is 0 Å². The van der Waals surface area contributed by atoms with Crippen LogP contribution in [-0.4, -0.2) is 30.6 Å². The van der Waals surface area contributed by atoms with Crippen molar-refractivity contribution in [2.24, 2.45) is 5.73 Å². The van der Waals surface area contributed by atoms with Gasteiger partial charge < -0.3 is 10.5 Å². The quantitative estimate of drug-likeness (QED) is 0.765. The summed E-state index contributed by atoms with van der Waals surface area (Å²) in [6.07, 6.45) is -14.8. The third-order valence-corrected chi connectivity index (χ3v) is 2.41. The van der Waals surface area contributed by atoms with Crippen LogP contribution in [-0.2, 0) is 4.74 Å². The van der Waals surface area contributed by atoms with E-state index in [1.807, 2.05) is 0 Å². The first kappa shape index (κ1) is 13.6. The van der Waals surface area contributed by atoms with Crippen molar-refractivity contribution in [3.8, 4) is 0 Å². The fourth-order valence-corrected chi connectivity index (χ4v) is 1.64. The highest BCUT2D eigenvalue weighted by atomic mass is 19.4. The summed E-state index contributed by atoms with van der Waals surface area (Å²) in [4.78, 5) is 0. The topological polar surface area (TPSA) is 35.2 Å². The number of hydrogen-bond acceptors (Lipinski definition) is 2. The molecule has 1 aliphatic rings. The van der Waals surface area contributed by atoms with Crippen molar-refractivity contribution in [1.29, 1.82) is 0 Å². The Morgan fingerprint density at radius 1 is 1.00 bits per heavy atom. The summed E-state index contributed by atoms with van der Waals surface area (Å²) < 4.78 is 76.7. The van der Waals surface area contributed by atoms with Gasteiger partial charge in [-0.25, -0.2) is 0 Å². The summed E-state index contributed by atoms with van der Waals surface area (Å²) in [5, 5.41) is 0. The summed E-state index contributed by atoms with van der Waals surface area (Å²) in [5.41, 5.74) is 5.35. The molecule has 0 spiro atoms. The van der Waals surface area contributed by atoms with Gasteiger partial charge in [-0.15, -0.1) is 0 Å². The maximum atomic E-state index is 12.1. The molecule has 2 unspecified atom stereocenters. The van der Waals surface area contributed by atoms with E-state index in [9.17, 15) is 26.3 Å². The van der Waals surface area contributed by atoms with Crippen molar-refractivity contribution in [3.63, 3.8) is 0 Å². The summed E-state index contributed by atoms with van der Waals surface area (Å²) in [7, 11) is 0. The van der Waals surface area contributed by atoms with Gasteiger partial charge in [-0.1, -0.05) is 0 Å². The number of rotatable bonds is 2. The monoisotopic (exact) mass is 251 g/mol. The highest BCUT2D eigenvalue weighted by Crippen LogP contribution is 2.38. The maximum Gasteiger partial charge on any atom is 0.423 e. The summed E-state index contributed by atoms with van der Waals surface area (Å²) >= 11 is 0. The molecule has 0 aromatic rings. The van der Waals surface area contributed by atoms with Gasteiger partial charge in [0.25, 0.3) is 0 Å². The Hall–Kier alpha value is -0.500. The Morgan fingerprint density at radius 2 is 1.50 bits per heavy atom. The zero-order valence-electron chi connectivity index (χ0n) is 8.11. The molecule has 0 aliphatic heterocycles. The molecule has 0 heterocycles. The standard InChI is InChI=1S/C8H11F6NO/c9-7(10,11)6(8(12,13)14)16-5-3-1-2-4(5)15/h4-6H,1-3,15H2. The van der Waals surface area contributed by atoms with Crippen LogP contribution in [0.4, 0.5) is 26.3 Å². The minimum absolute atomic E-state index is 0.129. The summed E-state index contributed by atoms with van der Waals surface area (Å²) in [5.74, 6) is 0. The van der Waals surface area contributed by atoms with E-state index in [2.05, 4.69) is 4.74 Å². The highest BCUT2D eigenvalue weighted by molar-refractivity contribution is 4.85. The molecule has 2 N–H and O–H groups in total. The zero-order chi connectivity index (χ0) is 12.6. The largest absolute Gasteiger partial charge is 0.423 e. The summed E-state index contributed by atoms with van der Waals surface area (Å²) in [6.45, 7) is 0. The van der Waals surface area contributed by atoms with E-state index in [-0.39, 0.29) is 6.42 Å². The van der Waals surface area contributed by atoms with Crippen LogP contribution in [0.5, 0.6) is 0 Å². The van der Waals surface area contributed by atoms with E-state index < -0.39 is 30.6 Å². The Bertz CT molecular complexity index is 224. The summed E-state index contributed by atoms with van der Waals surface area (Å²) in [6, 6.07) is -0.757. The molecule has 0 aromatic carbocycles. The second kappa shape index (κ2) is 4.40. The predicted molar refractivity (Wildman–Crippen MR) is 42.6 cm³/mol. The Labute approximate surface area is 87.7 Å². The number of halogens is 6. The van der Waals surface area contributed by atoms with Crippen LogP contribution in [0.15, 0.2) is 0 Å². The molecular formula is C8H11F6NO. The van der Waals surface area contributed by atoms with Crippen LogP contribution < -0.4 is 5.73 Å². The van der Waals surface area contributed by atoms with Gasteiger partial charge >= 0.3 is 12.4 Å². The highest BCUT2D eigenvalue weighted by Gasteiger charge is 2.59. The third-order valence-electron chi connectivity index (χ3n) is 2.41. The molecule has 16 heavy (non-hydrogen) atoms. The van der Waals surface area contributed by atoms with E-state index in [0.717, 1.165) is 0 Å². The van der Waals surface area contributed by atoms with Crippen molar-refractivity contribution in [2.75, 3.05) is 0 Å². The van der Waals surface area contributed by atoms with Crippen LogP contribution >= 0.6 is 0 Å². The fourth-order valence-electron chi connectivity index (χ4n) is 1.64. The second-order valence-electron chi connectivity index (χ2n) is 3.73. The Balaban J connectivity index is 2.72. The number of ether oxygens (including phenoxy) is 1. The Kier molecular flexibility index (Phi) is 3.73. The molecule has 1 rings (SSSR count). The van der Waals surface area contributed by atoms with Crippen LogP contribution in [0.3, 0.4) is 0 Å². The molecule has 1 aliphatic carbocycles. The van der Waals surface area contributed by atoms with Crippen molar-refractivity contribution in [2.45, 2.75) is 49.9 Å². The van der Waals surface area contributed by atoms with Gasteiger partial charge in [-0.05, 0) is 19.3 Å². The first-order valence-corrected chi connectivity index (χ1v) is 4.67. The lowest BCUT2D eigenvalue weighted by atomic mass is 10.2. The van der Waals surface area contributed by atoms with Crippen LogP contribution in [0.25, 0.3) is 0 Å². The third kappa shape index (κ3) is 3.24. The van der Waals surface area contributed by atoms with E-state index in [0.29, 0.717) is 12.8 Å². The van der Waals surface area contributed by atoms with Crippen molar-refractivity contribution >= 4 is 0 Å². The number of alkyl halides is 6. The van der Waals surface area contributed by atoms with Gasteiger partial charge in [0.2, 0.25) is 6.10 Å². The molecule has 1 fully saturated rings. The lowest BCUT2D eigenvalue weighted by molar-refractivity contribution is -0.331. The molecule has 0 amide bonds. The van der Waals surface area contributed by atoms with E-state index in [1.54, 1.807) is 0 Å². The van der Waals surface area contributed by atoms with E-state index >= 15 is 0 Å². The SMILES string of the molecule is NC1CCCC1OC(C(F)(F)F)C(F)(F)F. The van der Waals surface area contributed by atoms with Gasteiger partial charge in [0.15, 0.2) is 0 Å². The second-order valence-corrected chi connectivity index (χ2v) is 3.73. The van der Waals surface area contributed by atoms with Crippen molar-refractivity contribution in [3.05, 3.63) is 0 Å². The molecule has 96 valence electrons. The molecule has 8 heteroatoms. The number of nitrogens with two attached hydrogens (primary N) is 1. The maximum absolute atomic E-state index is 12.1. The lowest BCUT2D eigenvalue weighted by Crippen LogP contribution is -2.48. The molecule has 0 saturated heterocycles. The van der Waals surface area contributed by atoms with Gasteiger partial charge in [-0.3, -0.25) is 0 Å². The molecule has 0 aromatic heterocycles. The normalized spacial score (nSPS) is 27.8. The molecule has 0 bridgehead atoms. The van der Waals surface area contributed by atoms with E-state index in [1.165, 1.54) is 0 Å². The van der Waals surface area contributed by atoms with Crippen LogP contribution in [0.2, 0.25) is 0 Å².